The van der Waals surface area contributed by atoms with Crippen LogP contribution < -0.4 is 4.90 Å². The van der Waals surface area contributed by atoms with Crippen molar-refractivity contribution in [1.29, 1.82) is 0 Å². The van der Waals surface area contributed by atoms with Gasteiger partial charge in [-0.25, -0.2) is 4.68 Å². The molecule has 0 saturated heterocycles. The normalized spacial score (nSPS) is 12.9. The Labute approximate surface area is 136 Å². The van der Waals surface area contributed by atoms with E-state index >= 15 is 0 Å². The molecule has 0 unspecified atom stereocenters. The molecular weight excluding hydrogens is 284 g/mol. The fourth-order valence-corrected chi connectivity index (χ4v) is 3.44. The van der Waals surface area contributed by atoms with Crippen LogP contribution in [0.3, 0.4) is 0 Å². The topological polar surface area (TPSA) is 34.0 Å². The lowest BCUT2D eigenvalue weighted by atomic mass is 9.95. The number of hydrogen-bond acceptors (Lipinski definition) is 3. The first kappa shape index (κ1) is 14.0. The van der Waals surface area contributed by atoms with Crippen molar-refractivity contribution in [2.24, 2.45) is 7.05 Å². The first-order valence-electron chi connectivity index (χ1n) is 8.12. The molecule has 116 valence electrons. The number of hydrogen-bond donors (Lipinski definition) is 0. The zero-order valence-corrected chi connectivity index (χ0v) is 13.5. The van der Waals surface area contributed by atoms with E-state index in [-0.39, 0.29) is 0 Å². The summed E-state index contributed by atoms with van der Waals surface area (Å²) in [5, 5.41) is 8.78. The van der Waals surface area contributed by atoms with E-state index in [2.05, 4.69) is 70.7 Å². The Hall–Kier alpha value is -2.62. The fraction of sp³-hybridized carbons (Fsp3) is 0.263. The van der Waals surface area contributed by atoms with E-state index in [1.54, 1.807) is 0 Å². The summed E-state index contributed by atoms with van der Waals surface area (Å²) < 4.78 is 1.89. The Bertz CT molecular complexity index is 850. The summed E-state index contributed by atoms with van der Waals surface area (Å²) >= 11 is 0. The molecule has 0 fully saturated rings. The minimum Gasteiger partial charge on any atom is -0.367 e. The van der Waals surface area contributed by atoms with Crippen LogP contribution in [0.15, 0.2) is 48.5 Å². The molecule has 0 radical (unpaired) electrons. The summed E-state index contributed by atoms with van der Waals surface area (Å²) in [4.78, 5) is 2.45. The molecular formula is C19H20N4. The molecule has 1 aliphatic heterocycles. The van der Waals surface area contributed by atoms with Gasteiger partial charge in [-0.1, -0.05) is 54.6 Å². The standard InChI is InChI=1S/C19H20N4/c1-3-12-23-13-14-8-4-5-9-15(14)19-18(20-21-22(19)2)16-10-6-7-11-17(16)23/h4-11H,3,12-13H2,1-2H3. The van der Waals surface area contributed by atoms with E-state index in [1.165, 1.54) is 22.4 Å². The van der Waals surface area contributed by atoms with E-state index in [4.69, 9.17) is 0 Å². The number of rotatable bonds is 2. The summed E-state index contributed by atoms with van der Waals surface area (Å²) in [6.07, 6.45) is 1.11. The van der Waals surface area contributed by atoms with Crippen LogP contribution in [-0.2, 0) is 13.6 Å². The van der Waals surface area contributed by atoms with Crippen molar-refractivity contribution in [3.63, 3.8) is 0 Å². The summed E-state index contributed by atoms with van der Waals surface area (Å²) in [7, 11) is 1.97. The summed E-state index contributed by atoms with van der Waals surface area (Å²) in [5.41, 5.74) is 7.03. The third-order valence-corrected chi connectivity index (χ3v) is 4.45. The van der Waals surface area contributed by atoms with Gasteiger partial charge in [-0.3, -0.25) is 0 Å². The molecule has 3 aromatic rings. The van der Waals surface area contributed by atoms with Crippen LogP contribution in [0.2, 0.25) is 0 Å². The average molecular weight is 304 g/mol. The smallest absolute Gasteiger partial charge is 0.123 e. The van der Waals surface area contributed by atoms with Gasteiger partial charge in [0, 0.05) is 37.0 Å². The Morgan fingerprint density at radius 2 is 1.74 bits per heavy atom. The van der Waals surface area contributed by atoms with Crippen molar-refractivity contribution in [3.05, 3.63) is 54.1 Å². The maximum atomic E-state index is 4.48. The number of aryl methyl sites for hydroxylation is 1. The van der Waals surface area contributed by atoms with Crippen molar-refractivity contribution in [2.45, 2.75) is 19.9 Å². The molecule has 2 aromatic carbocycles. The molecule has 0 spiro atoms. The van der Waals surface area contributed by atoms with Gasteiger partial charge in [-0.2, -0.15) is 0 Å². The molecule has 0 N–H and O–H groups in total. The lowest BCUT2D eigenvalue weighted by molar-refractivity contribution is 0.719. The number of benzene rings is 2. The zero-order chi connectivity index (χ0) is 15.8. The van der Waals surface area contributed by atoms with Crippen LogP contribution >= 0.6 is 0 Å². The number of para-hydroxylation sites is 1. The van der Waals surface area contributed by atoms with Gasteiger partial charge in [-0.05, 0) is 18.1 Å². The molecule has 0 bridgehead atoms. The SMILES string of the molecule is CCCN1Cc2ccccc2-c2c(nnn2C)-c2ccccc21. The molecule has 0 saturated carbocycles. The first-order valence-corrected chi connectivity index (χ1v) is 8.12. The molecule has 2 heterocycles. The van der Waals surface area contributed by atoms with E-state index in [1.807, 2.05) is 11.7 Å². The molecule has 4 heteroatoms. The average Bonchev–Trinajstić information content (AvgIpc) is 2.95. The zero-order valence-electron chi connectivity index (χ0n) is 13.5. The van der Waals surface area contributed by atoms with Gasteiger partial charge in [0.15, 0.2) is 0 Å². The molecule has 4 nitrogen and oxygen atoms in total. The highest BCUT2D eigenvalue weighted by Crippen LogP contribution is 2.40. The molecule has 0 amide bonds. The van der Waals surface area contributed by atoms with Crippen molar-refractivity contribution in [3.8, 4) is 22.5 Å². The lowest BCUT2D eigenvalue weighted by Crippen LogP contribution is -2.25. The Kier molecular flexibility index (Phi) is 3.37. The number of anilines is 1. The molecule has 1 aliphatic rings. The van der Waals surface area contributed by atoms with E-state index in [9.17, 15) is 0 Å². The highest BCUT2D eigenvalue weighted by molar-refractivity contribution is 5.87. The van der Waals surface area contributed by atoms with Crippen LogP contribution in [0.4, 0.5) is 5.69 Å². The van der Waals surface area contributed by atoms with Crippen LogP contribution in [0, 0.1) is 0 Å². The maximum absolute atomic E-state index is 4.48. The van der Waals surface area contributed by atoms with Crippen molar-refractivity contribution in [1.82, 2.24) is 15.0 Å². The van der Waals surface area contributed by atoms with Gasteiger partial charge < -0.3 is 4.90 Å². The second kappa shape index (κ2) is 5.54. The molecule has 23 heavy (non-hydrogen) atoms. The molecule has 4 rings (SSSR count). The summed E-state index contributed by atoms with van der Waals surface area (Å²) in [5.74, 6) is 0. The molecule has 0 aliphatic carbocycles. The van der Waals surface area contributed by atoms with Gasteiger partial charge in [0.1, 0.15) is 5.69 Å². The van der Waals surface area contributed by atoms with E-state index in [0.29, 0.717) is 0 Å². The van der Waals surface area contributed by atoms with Gasteiger partial charge in [-0.15, -0.1) is 5.10 Å². The second-order valence-corrected chi connectivity index (χ2v) is 6.01. The monoisotopic (exact) mass is 304 g/mol. The van der Waals surface area contributed by atoms with Crippen molar-refractivity contribution >= 4 is 5.69 Å². The van der Waals surface area contributed by atoms with Crippen LogP contribution in [-0.4, -0.2) is 21.5 Å². The fourth-order valence-electron chi connectivity index (χ4n) is 3.44. The molecule has 1 aromatic heterocycles. The lowest BCUT2D eigenvalue weighted by Gasteiger charge is -2.29. The summed E-state index contributed by atoms with van der Waals surface area (Å²) in [6, 6.07) is 17.1. The van der Waals surface area contributed by atoms with E-state index < -0.39 is 0 Å². The predicted octanol–water partition coefficient (Wildman–Crippen LogP) is 3.88. The van der Waals surface area contributed by atoms with Gasteiger partial charge in [0.2, 0.25) is 0 Å². The highest BCUT2D eigenvalue weighted by atomic mass is 15.4. The molecule has 0 atom stereocenters. The summed E-state index contributed by atoms with van der Waals surface area (Å²) in [6.45, 7) is 4.16. The van der Waals surface area contributed by atoms with Gasteiger partial charge in [0.05, 0.1) is 5.69 Å². The van der Waals surface area contributed by atoms with Crippen molar-refractivity contribution in [2.75, 3.05) is 11.4 Å². The van der Waals surface area contributed by atoms with Crippen molar-refractivity contribution < 1.29 is 0 Å². The number of aromatic nitrogens is 3. The van der Waals surface area contributed by atoms with Crippen LogP contribution in [0.1, 0.15) is 18.9 Å². The second-order valence-electron chi connectivity index (χ2n) is 6.01. The number of fused-ring (bicyclic) bond motifs is 5. The van der Waals surface area contributed by atoms with Crippen LogP contribution in [0.25, 0.3) is 22.5 Å². The highest BCUT2D eigenvalue weighted by Gasteiger charge is 2.24. The van der Waals surface area contributed by atoms with E-state index in [0.717, 1.165) is 30.9 Å². The Morgan fingerprint density at radius 3 is 2.57 bits per heavy atom. The third-order valence-electron chi connectivity index (χ3n) is 4.45. The van der Waals surface area contributed by atoms with Crippen LogP contribution in [0.5, 0.6) is 0 Å². The predicted molar refractivity (Wildman–Crippen MR) is 93.2 cm³/mol. The Morgan fingerprint density at radius 1 is 1.00 bits per heavy atom. The largest absolute Gasteiger partial charge is 0.367 e. The third kappa shape index (κ3) is 2.22. The minimum absolute atomic E-state index is 0.908. The number of nitrogens with zero attached hydrogens (tertiary/aromatic N) is 4. The first-order chi connectivity index (χ1) is 11.3. The van der Waals surface area contributed by atoms with Gasteiger partial charge >= 0.3 is 0 Å². The maximum Gasteiger partial charge on any atom is 0.123 e. The quantitative estimate of drug-likeness (QED) is 0.720. The Balaban J connectivity index is 2.04. The van der Waals surface area contributed by atoms with Gasteiger partial charge in [0.25, 0.3) is 0 Å². The minimum atomic E-state index is 0.908.